The van der Waals surface area contributed by atoms with Crippen molar-refractivity contribution in [1.82, 2.24) is 0 Å². The Morgan fingerprint density at radius 3 is 2.38 bits per heavy atom. The summed E-state index contributed by atoms with van der Waals surface area (Å²) < 4.78 is 0. The van der Waals surface area contributed by atoms with Gasteiger partial charge in [-0.2, -0.15) is 0 Å². The molecule has 1 saturated carbocycles. The molecular formula is C14H16O2. The minimum absolute atomic E-state index is 0.650. The lowest BCUT2D eigenvalue weighted by Gasteiger charge is -2.24. The molecule has 2 nitrogen and oxygen atoms in total. The molecule has 1 fully saturated rings. The Hall–Kier alpha value is -1.30. The van der Waals surface area contributed by atoms with Gasteiger partial charge in [-0.05, 0) is 25.0 Å². The SMILES string of the molecule is OC(C#Cc1ccccc1)C1(O)CCCC1. The third-order valence-corrected chi connectivity index (χ3v) is 3.11. The molecule has 1 aromatic carbocycles. The molecule has 0 amide bonds. The molecule has 2 rings (SSSR count). The fourth-order valence-electron chi connectivity index (χ4n) is 2.07. The van der Waals surface area contributed by atoms with E-state index in [0.29, 0.717) is 12.8 Å². The molecule has 1 unspecified atom stereocenters. The number of aliphatic hydroxyl groups excluding tert-OH is 1. The van der Waals surface area contributed by atoms with Crippen LogP contribution in [0.1, 0.15) is 31.2 Å². The fraction of sp³-hybridized carbons (Fsp3) is 0.429. The Labute approximate surface area is 95.9 Å². The van der Waals surface area contributed by atoms with Gasteiger partial charge in [0, 0.05) is 5.56 Å². The molecule has 0 spiro atoms. The predicted molar refractivity (Wildman–Crippen MR) is 62.7 cm³/mol. The summed E-state index contributed by atoms with van der Waals surface area (Å²) in [6.45, 7) is 0. The molecule has 0 bridgehead atoms. The van der Waals surface area contributed by atoms with E-state index in [2.05, 4.69) is 11.8 Å². The van der Waals surface area contributed by atoms with Gasteiger partial charge in [0.2, 0.25) is 0 Å². The molecule has 1 aliphatic carbocycles. The second-order valence-electron chi connectivity index (χ2n) is 4.35. The molecule has 1 atom stereocenters. The molecule has 1 aromatic rings. The first kappa shape index (κ1) is 11.2. The maximum absolute atomic E-state index is 10.1. The zero-order valence-corrected chi connectivity index (χ0v) is 9.19. The molecular weight excluding hydrogens is 200 g/mol. The number of rotatable bonds is 1. The summed E-state index contributed by atoms with van der Waals surface area (Å²) in [7, 11) is 0. The van der Waals surface area contributed by atoms with Crippen molar-refractivity contribution in [3.05, 3.63) is 35.9 Å². The molecule has 0 aromatic heterocycles. The van der Waals surface area contributed by atoms with Crippen LogP contribution in [0.4, 0.5) is 0 Å². The molecule has 1 aliphatic rings. The summed E-state index contributed by atoms with van der Waals surface area (Å²) in [5.41, 5.74) is -0.120. The summed E-state index contributed by atoms with van der Waals surface area (Å²) in [4.78, 5) is 0. The lowest BCUT2D eigenvalue weighted by atomic mass is 9.95. The Kier molecular flexibility index (Phi) is 3.28. The highest BCUT2D eigenvalue weighted by Gasteiger charge is 2.37. The molecule has 2 N–H and O–H groups in total. The summed E-state index contributed by atoms with van der Waals surface area (Å²) in [5, 5.41) is 19.9. The predicted octanol–water partition coefficient (Wildman–Crippen LogP) is 1.70. The largest absolute Gasteiger partial charge is 0.386 e. The van der Waals surface area contributed by atoms with E-state index in [1.54, 1.807) is 0 Å². The van der Waals surface area contributed by atoms with Crippen molar-refractivity contribution in [3.63, 3.8) is 0 Å². The fourth-order valence-corrected chi connectivity index (χ4v) is 2.07. The summed E-state index contributed by atoms with van der Waals surface area (Å²) >= 11 is 0. The van der Waals surface area contributed by atoms with E-state index < -0.39 is 11.7 Å². The van der Waals surface area contributed by atoms with Gasteiger partial charge in [-0.15, -0.1) is 0 Å². The lowest BCUT2D eigenvalue weighted by Crippen LogP contribution is -2.38. The summed E-state index contributed by atoms with van der Waals surface area (Å²) in [6, 6.07) is 9.50. The summed E-state index contributed by atoms with van der Waals surface area (Å²) in [5.74, 6) is 5.62. The van der Waals surface area contributed by atoms with Gasteiger partial charge >= 0.3 is 0 Å². The molecule has 16 heavy (non-hydrogen) atoms. The molecule has 0 saturated heterocycles. The van der Waals surface area contributed by atoms with Gasteiger partial charge in [0.05, 0.1) is 0 Å². The maximum atomic E-state index is 10.1. The van der Waals surface area contributed by atoms with Crippen molar-refractivity contribution < 1.29 is 10.2 Å². The molecule has 0 radical (unpaired) electrons. The van der Waals surface area contributed by atoms with Gasteiger partial charge in [-0.3, -0.25) is 0 Å². The van der Waals surface area contributed by atoms with Crippen LogP contribution in [0.3, 0.4) is 0 Å². The number of hydrogen-bond acceptors (Lipinski definition) is 2. The van der Waals surface area contributed by atoms with E-state index in [4.69, 9.17) is 0 Å². The third-order valence-electron chi connectivity index (χ3n) is 3.11. The quantitative estimate of drug-likeness (QED) is 0.701. The van der Waals surface area contributed by atoms with E-state index in [1.165, 1.54) is 0 Å². The van der Waals surface area contributed by atoms with Crippen LogP contribution in [0.25, 0.3) is 0 Å². The third kappa shape index (κ3) is 2.44. The van der Waals surface area contributed by atoms with E-state index in [9.17, 15) is 10.2 Å². The standard InChI is InChI=1S/C14H16O2/c15-13(14(16)10-4-5-11-14)9-8-12-6-2-1-3-7-12/h1-3,6-7,13,15-16H,4-5,10-11H2. The van der Waals surface area contributed by atoms with Crippen LogP contribution in [-0.4, -0.2) is 21.9 Å². The minimum atomic E-state index is -0.984. The first-order valence-electron chi connectivity index (χ1n) is 5.68. The number of aliphatic hydroxyl groups is 2. The normalized spacial score (nSPS) is 19.9. The van der Waals surface area contributed by atoms with Crippen LogP contribution >= 0.6 is 0 Å². The Bertz CT molecular complexity index is 394. The molecule has 0 heterocycles. The minimum Gasteiger partial charge on any atom is -0.386 e. The van der Waals surface area contributed by atoms with Crippen LogP contribution in [0.5, 0.6) is 0 Å². The number of hydrogen-bond donors (Lipinski definition) is 2. The Morgan fingerprint density at radius 2 is 1.75 bits per heavy atom. The second-order valence-corrected chi connectivity index (χ2v) is 4.35. The Balaban J connectivity index is 2.07. The van der Waals surface area contributed by atoms with Crippen molar-refractivity contribution in [3.8, 4) is 11.8 Å². The van der Waals surface area contributed by atoms with Crippen LogP contribution in [0.15, 0.2) is 30.3 Å². The van der Waals surface area contributed by atoms with Crippen LogP contribution in [-0.2, 0) is 0 Å². The van der Waals surface area contributed by atoms with E-state index >= 15 is 0 Å². The molecule has 0 aliphatic heterocycles. The van der Waals surface area contributed by atoms with Crippen molar-refractivity contribution >= 4 is 0 Å². The highest BCUT2D eigenvalue weighted by Crippen LogP contribution is 2.32. The summed E-state index contributed by atoms with van der Waals surface area (Å²) in [6.07, 6.45) is 2.31. The first-order valence-corrected chi connectivity index (χ1v) is 5.68. The lowest BCUT2D eigenvalue weighted by molar-refractivity contribution is -0.0418. The monoisotopic (exact) mass is 216 g/mol. The molecule has 84 valence electrons. The van der Waals surface area contributed by atoms with Gasteiger partial charge in [-0.1, -0.05) is 42.9 Å². The number of benzene rings is 1. The van der Waals surface area contributed by atoms with Crippen molar-refractivity contribution in [1.29, 1.82) is 0 Å². The second kappa shape index (κ2) is 4.69. The smallest absolute Gasteiger partial charge is 0.143 e. The van der Waals surface area contributed by atoms with Crippen molar-refractivity contribution in [2.24, 2.45) is 0 Å². The van der Waals surface area contributed by atoms with Crippen molar-refractivity contribution in [2.75, 3.05) is 0 Å². The maximum Gasteiger partial charge on any atom is 0.143 e. The van der Waals surface area contributed by atoms with E-state index in [0.717, 1.165) is 18.4 Å². The van der Waals surface area contributed by atoms with Gasteiger partial charge in [0.15, 0.2) is 0 Å². The van der Waals surface area contributed by atoms with E-state index in [1.807, 2.05) is 30.3 Å². The highest BCUT2D eigenvalue weighted by molar-refractivity contribution is 5.35. The topological polar surface area (TPSA) is 40.5 Å². The van der Waals surface area contributed by atoms with Gasteiger partial charge in [0.25, 0.3) is 0 Å². The highest BCUT2D eigenvalue weighted by atomic mass is 16.3. The van der Waals surface area contributed by atoms with Crippen LogP contribution < -0.4 is 0 Å². The van der Waals surface area contributed by atoms with Gasteiger partial charge < -0.3 is 10.2 Å². The van der Waals surface area contributed by atoms with Gasteiger partial charge in [-0.25, -0.2) is 0 Å². The van der Waals surface area contributed by atoms with E-state index in [-0.39, 0.29) is 0 Å². The first-order chi connectivity index (χ1) is 7.71. The molecule has 2 heteroatoms. The van der Waals surface area contributed by atoms with Crippen LogP contribution in [0, 0.1) is 11.8 Å². The zero-order chi connectivity index (χ0) is 11.4. The Morgan fingerprint density at radius 1 is 1.12 bits per heavy atom. The average molecular weight is 216 g/mol. The van der Waals surface area contributed by atoms with Gasteiger partial charge in [0.1, 0.15) is 11.7 Å². The van der Waals surface area contributed by atoms with Crippen molar-refractivity contribution in [2.45, 2.75) is 37.4 Å². The van der Waals surface area contributed by atoms with Crippen LogP contribution in [0.2, 0.25) is 0 Å². The zero-order valence-electron chi connectivity index (χ0n) is 9.19. The average Bonchev–Trinajstić information content (AvgIpc) is 2.76.